The van der Waals surface area contributed by atoms with E-state index in [9.17, 15) is 18.8 Å². The van der Waals surface area contributed by atoms with Crippen LogP contribution in [0.3, 0.4) is 0 Å². The van der Waals surface area contributed by atoms with Gasteiger partial charge in [0.05, 0.1) is 6.54 Å². The van der Waals surface area contributed by atoms with E-state index in [1.165, 1.54) is 35.0 Å². The van der Waals surface area contributed by atoms with Gasteiger partial charge in [-0.25, -0.2) is 4.39 Å². The number of carbonyl (C=O) groups excluding carboxylic acids is 3. The molecule has 0 saturated carbocycles. The highest BCUT2D eigenvalue weighted by atomic mass is 19.1. The average molecular weight is 319 g/mol. The van der Waals surface area contributed by atoms with Crippen molar-refractivity contribution in [1.29, 1.82) is 0 Å². The summed E-state index contributed by atoms with van der Waals surface area (Å²) in [6.45, 7) is 3.69. The van der Waals surface area contributed by atoms with Crippen LogP contribution in [0.25, 0.3) is 0 Å². The van der Waals surface area contributed by atoms with Crippen LogP contribution in [0.4, 0.5) is 4.39 Å². The lowest BCUT2D eigenvalue weighted by Gasteiger charge is -2.36. The minimum Gasteiger partial charge on any atom is -0.352 e. The van der Waals surface area contributed by atoms with Crippen molar-refractivity contribution >= 4 is 17.7 Å². The number of hydrogen-bond donors (Lipinski definition) is 1. The van der Waals surface area contributed by atoms with Gasteiger partial charge >= 0.3 is 0 Å². The Morgan fingerprint density at radius 2 is 2.17 bits per heavy atom. The van der Waals surface area contributed by atoms with Crippen LogP contribution < -0.4 is 5.32 Å². The van der Waals surface area contributed by atoms with Crippen LogP contribution in [0, 0.1) is 5.82 Å². The molecule has 1 N–H and O–H groups in total. The number of benzene rings is 1. The van der Waals surface area contributed by atoms with Crippen LogP contribution in [-0.4, -0.2) is 54.2 Å². The van der Waals surface area contributed by atoms with Crippen molar-refractivity contribution in [3.63, 3.8) is 0 Å². The molecule has 1 heterocycles. The van der Waals surface area contributed by atoms with Gasteiger partial charge in [-0.3, -0.25) is 14.4 Å². The fourth-order valence-corrected chi connectivity index (χ4v) is 2.47. The van der Waals surface area contributed by atoms with Crippen molar-refractivity contribution in [3.05, 3.63) is 48.3 Å². The summed E-state index contributed by atoms with van der Waals surface area (Å²) in [6.07, 6.45) is 1.10. The number of carbonyl (C=O) groups is 3. The zero-order valence-corrected chi connectivity index (χ0v) is 12.8. The molecule has 1 aliphatic heterocycles. The van der Waals surface area contributed by atoms with Gasteiger partial charge in [0.15, 0.2) is 0 Å². The Kier molecular flexibility index (Phi) is 5.10. The summed E-state index contributed by atoms with van der Waals surface area (Å²) in [5.74, 6) is -1.82. The molecule has 122 valence electrons. The first-order valence-corrected chi connectivity index (χ1v) is 7.15. The van der Waals surface area contributed by atoms with Gasteiger partial charge in [-0.1, -0.05) is 24.8 Å². The fraction of sp³-hybridized carbons (Fsp3) is 0.312. The molecule has 0 aliphatic carbocycles. The molecule has 0 spiro atoms. The molecule has 1 aromatic carbocycles. The lowest BCUT2D eigenvalue weighted by atomic mass is 10.0. The Labute approximate surface area is 133 Å². The predicted octanol–water partition coefficient (Wildman–Crippen LogP) is 0.470. The predicted molar refractivity (Wildman–Crippen MR) is 81.7 cm³/mol. The van der Waals surface area contributed by atoms with Crippen LogP contribution >= 0.6 is 0 Å². The number of amides is 3. The molecular formula is C16H18FN3O3. The maximum Gasteiger partial charge on any atom is 0.247 e. The second-order valence-corrected chi connectivity index (χ2v) is 5.20. The molecule has 1 fully saturated rings. The first-order chi connectivity index (χ1) is 11.0. The molecule has 1 saturated heterocycles. The third-order valence-corrected chi connectivity index (χ3v) is 3.66. The van der Waals surface area contributed by atoms with Crippen LogP contribution in [0.5, 0.6) is 0 Å². The molecule has 1 aliphatic rings. The topological polar surface area (TPSA) is 69.7 Å². The van der Waals surface area contributed by atoms with Crippen LogP contribution in [0.2, 0.25) is 0 Å². The first kappa shape index (κ1) is 16.7. The third kappa shape index (κ3) is 3.56. The minimum absolute atomic E-state index is 0.135. The number of piperazine rings is 1. The lowest BCUT2D eigenvalue weighted by Crippen LogP contribution is -2.54. The second kappa shape index (κ2) is 7.04. The van der Waals surface area contributed by atoms with Crippen molar-refractivity contribution in [1.82, 2.24) is 15.1 Å². The Hall–Kier alpha value is -2.70. The van der Waals surface area contributed by atoms with Crippen LogP contribution in [0.15, 0.2) is 36.9 Å². The average Bonchev–Trinajstić information content (AvgIpc) is 2.54. The quantitative estimate of drug-likeness (QED) is 0.820. The Balaban J connectivity index is 2.26. The maximum atomic E-state index is 14.0. The molecule has 0 aromatic heterocycles. The van der Waals surface area contributed by atoms with Crippen LogP contribution in [0.1, 0.15) is 11.6 Å². The summed E-state index contributed by atoms with van der Waals surface area (Å²) in [5, 5.41) is 2.63. The first-order valence-electron chi connectivity index (χ1n) is 7.15. The molecule has 6 nitrogen and oxygen atoms in total. The van der Waals surface area contributed by atoms with Crippen molar-refractivity contribution in [3.8, 4) is 0 Å². The molecule has 23 heavy (non-hydrogen) atoms. The molecule has 1 unspecified atom stereocenters. The van der Waals surface area contributed by atoms with Gasteiger partial charge < -0.3 is 15.1 Å². The van der Waals surface area contributed by atoms with Gasteiger partial charge in [-0.2, -0.15) is 0 Å². The highest BCUT2D eigenvalue weighted by Crippen LogP contribution is 2.25. The number of halogens is 1. The largest absolute Gasteiger partial charge is 0.352 e. The third-order valence-electron chi connectivity index (χ3n) is 3.66. The maximum absolute atomic E-state index is 14.0. The Bertz CT molecular complexity index is 647. The van der Waals surface area contributed by atoms with E-state index in [4.69, 9.17) is 0 Å². The zero-order chi connectivity index (χ0) is 17.0. The number of likely N-dealkylation sites (N-methyl/N-ethyl adjacent to an activating group) is 1. The van der Waals surface area contributed by atoms with Crippen LogP contribution in [-0.2, 0) is 14.4 Å². The molecule has 7 heteroatoms. The lowest BCUT2D eigenvalue weighted by molar-refractivity contribution is -0.145. The van der Waals surface area contributed by atoms with E-state index in [-0.39, 0.29) is 25.2 Å². The highest BCUT2D eigenvalue weighted by Gasteiger charge is 2.36. The van der Waals surface area contributed by atoms with Gasteiger partial charge in [-0.05, 0) is 12.1 Å². The van der Waals surface area contributed by atoms with Crippen molar-refractivity contribution in [2.24, 2.45) is 0 Å². The van der Waals surface area contributed by atoms with E-state index in [1.807, 2.05) is 0 Å². The Morgan fingerprint density at radius 1 is 1.48 bits per heavy atom. The monoisotopic (exact) mass is 319 g/mol. The van der Waals surface area contributed by atoms with E-state index in [0.717, 1.165) is 6.08 Å². The molecule has 2 rings (SSSR count). The summed E-state index contributed by atoms with van der Waals surface area (Å²) < 4.78 is 14.0. The van der Waals surface area contributed by atoms with Gasteiger partial charge in [0.1, 0.15) is 11.9 Å². The number of hydrogen-bond acceptors (Lipinski definition) is 3. The normalized spacial score (nSPS) is 17.4. The van der Waals surface area contributed by atoms with E-state index in [1.54, 1.807) is 6.07 Å². The summed E-state index contributed by atoms with van der Waals surface area (Å²) in [4.78, 5) is 38.6. The summed E-state index contributed by atoms with van der Waals surface area (Å²) in [7, 11) is 1.46. The summed E-state index contributed by atoms with van der Waals surface area (Å²) in [5.41, 5.74) is 0.135. The number of nitrogens with one attached hydrogen (secondary N) is 1. The van der Waals surface area contributed by atoms with Crippen molar-refractivity contribution in [2.45, 2.75) is 6.04 Å². The standard InChI is InChI=1S/C16H18FN3O3/c1-3-13(21)19(2)10-14(22)20-9-8-18-16(23)15(20)11-6-4-5-7-12(11)17/h3-7,15H,1,8-10H2,2H3,(H,18,23). The molecule has 1 aromatic rings. The van der Waals surface area contributed by atoms with Gasteiger partial charge in [0.2, 0.25) is 17.7 Å². The van der Waals surface area contributed by atoms with Crippen molar-refractivity contribution < 1.29 is 18.8 Å². The minimum atomic E-state index is -1.04. The number of nitrogens with zero attached hydrogens (tertiary/aromatic N) is 2. The summed E-state index contributed by atoms with van der Waals surface area (Å²) >= 11 is 0. The second-order valence-electron chi connectivity index (χ2n) is 5.20. The summed E-state index contributed by atoms with van der Waals surface area (Å²) in [6, 6.07) is 4.81. The fourth-order valence-electron chi connectivity index (χ4n) is 2.47. The zero-order valence-electron chi connectivity index (χ0n) is 12.8. The van der Waals surface area contributed by atoms with E-state index in [2.05, 4.69) is 11.9 Å². The smallest absolute Gasteiger partial charge is 0.247 e. The SMILES string of the molecule is C=CC(=O)N(C)CC(=O)N1CCNC(=O)C1c1ccccc1F. The van der Waals surface area contributed by atoms with E-state index in [0.29, 0.717) is 0 Å². The van der Waals surface area contributed by atoms with Gasteiger partial charge in [-0.15, -0.1) is 0 Å². The molecule has 1 atom stereocenters. The highest BCUT2D eigenvalue weighted by molar-refractivity contribution is 5.93. The molecule has 0 radical (unpaired) electrons. The molecular weight excluding hydrogens is 301 g/mol. The van der Waals surface area contributed by atoms with Gasteiger partial charge in [0.25, 0.3) is 0 Å². The number of rotatable bonds is 4. The van der Waals surface area contributed by atoms with Crippen molar-refractivity contribution in [2.75, 3.05) is 26.7 Å². The van der Waals surface area contributed by atoms with Gasteiger partial charge in [0, 0.05) is 25.7 Å². The Morgan fingerprint density at radius 3 is 2.83 bits per heavy atom. The van der Waals surface area contributed by atoms with E-state index < -0.39 is 29.6 Å². The molecule has 0 bridgehead atoms. The van der Waals surface area contributed by atoms with E-state index >= 15 is 0 Å². The molecule has 3 amide bonds.